The second-order valence-corrected chi connectivity index (χ2v) is 3.66. The zero-order valence-corrected chi connectivity index (χ0v) is 9.50. The van der Waals surface area contributed by atoms with Gasteiger partial charge in [0.25, 0.3) is 0 Å². The number of carbonyl (C=O) groups excluding carboxylic acids is 2. The molecule has 0 aromatic rings. The maximum Gasteiger partial charge on any atom is 0.217 e. The highest BCUT2D eigenvalue weighted by atomic mass is 16.1. The van der Waals surface area contributed by atoms with Gasteiger partial charge in [-0.15, -0.1) is 0 Å². The number of unbranched alkanes of at least 4 members (excludes halogenated alkanes) is 3. The molecule has 0 spiro atoms. The van der Waals surface area contributed by atoms with E-state index in [0.29, 0.717) is 12.8 Å². The lowest BCUT2D eigenvalue weighted by Crippen LogP contribution is -2.09. The number of hydrogen-bond donors (Lipinski definition) is 1. The summed E-state index contributed by atoms with van der Waals surface area (Å²) in [6.45, 7) is 2.01. The first-order valence-electron chi connectivity index (χ1n) is 5.64. The van der Waals surface area contributed by atoms with Gasteiger partial charge in [-0.2, -0.15) is 0 Å². The molecule has 1 amide bonds. The molecule has 0 radical (unpaired) electrons. The first-order chi connectivity index (χ1) is 7.16. The van der Waals surface area contributed by atoms with Crippen molar-refractivity contribution in [3.63, 3.8) is 0 Å². The van der Waals surface area contributed by atoms with Gasteiger partial charge in [0.05, 0.1) is 0 Å². The van der Waals surface area contributed by atoms with Crippen LogP contribution in [0.25, 0.3) is 0 Å². The Morgan fingerprint density at radius 3 is 2.20 bits per heavy atom. The Hall–Kier alpha value is -1.12. The fourth-order valence-corrected chi connectivity index (χ4v) is 1.28. The van der Waals surface area contributed by atoms with Crippen LogP contribution in [0.1, 0.15) is 51.9 Å². The minimum Gasteiger partial charge on any atom is -0.370 e. The fraction of sp³-hybridized carbons (Fsp3) is 0.667. The van der Waals surface area contributed by atoms with E-state index < -0.39 is 0 Å². The van der Waals surface area contributed by atoms with E-state index in [1.807, 2.05) is 13.0 Å². The van der Waals surface area contributed by atoms with Gasteiger partial charge >= 0.3 is 0 Å². The van der Waals surface area contributed by atoms with Crippen LogP contribution in [0.4, 0.5) is 0 Å². The first kappa shape index (κ1) is 13.9. The second kappa shape index (κ2) is 9.44. The molecule has 3 heteroatoms. The number of ketones is 1. The zero-order chi connectivity index (χ0) is 11.5. The Kier molecular flexibility index (Phi) is 8.73. The molecule has 0 aliphatic carbocycles. The molecule has 0 unspecified atom stereocenters. The van der Waals surface area contributed by atoms with Crippen molar-refractivity contribution in [3.8, 4) is 0 Å². The standard InChI is InChI=1S/C12H21NO2/c1-2-3-8-11(14)9-6-4-5-7-10-12(13)15/h3,8H,2,4-7,9-10H2,1H3,(H2,13,15)/b8-3-. The lowest BCUT2D eigenvalue weighted by Gasteiger charge is -1.98. The first-order valence-corrected chi connectivity index (χ1v) is 5.64. The van der Waals surface area contributed by atoms with Gasteiger partial charge in [0.2, 0.25) is 5.91 Å². The monoisotopic (exact) mass is 211 g/mol. The highest BCUT2D eigenvalue weighted by Gasteiger charge is 1.97. The van der Waals surface area contributed by atoms with E-state index in [2.05, 4.69) is 0 Å². The van der Waals surface area contributed by atoms with Crippen LogP contribution in [-0.2, 0) is 9.59 Å². The molecule has 0 aliphatic rings. The minimum absolute atomic E-state index is 0.201. The molecule has 0 heterocycles. The quantitative estimate of drug-likeness (QED) is 0.470. The largest absolute Gasteiger partial charge is 0.370 e. The van der Waals surface area contributed by atoms with E-state index in [-0.39, 0.29) is 11.7 Å². The van der Waals surface area contributed by atoms with Gasteiger partial charge in [0.15, 0.2) is 5.78 Å². The number of nitrogens with two attached hydrogens (primary N) is 1. The average Bonchev–Trinajstić information content (AvgIpc) is 2.19. The van der Waals surface area contributed by atoms with E-state index in [1.54, 1.807) is 6.08 Å². The summed E-state index contributed by atoms with van der Waals surface area (Å²) in [5.41, 5.74) is 5.01. The van der Waals surface area contributed by atoms with E-state index in [9.17, 15) is 9.59 Å². The van der Waals surface area contributed by atoms with Crippen LogP contribution in [0.3, 0.4) is 0 Å². The van der Waals surface area contributed by atoms with Crippen LogP contribution < -0.4 is 5.73 Å². The van der Waals surface area contributed by atoms with E-state index >= 15 is 0 Å². The van der Waals surface area contributed by atoms with Crippen molar-refractivity contribution >= 4 is 11.7 Å². The van der Waals surface area contributed by atoms with Crippen LogP contribution in [-0.4, -0.2) is 11.7 Å². The Balaban J connectivity index is 3.27. The van der Waals surface area contributed by atoms with Crippen LogP contribution in [0.2, 0.25) is 0 Å². The SMILES string of the molecule is CC/C=C\C(=O)CCCCCCC(N)=O. The zero-order valence-electron chi connectivity index (χ0n) is 9.50. The molecular formula is C12H21NO2. The van der Waals surface area contributed by atoms with Crippen molar-refractivity contribution in [2.75, 3.05) is 0 Å². The molecule has 2 N–H and O–H groups in total. The number of rotatable bonds is 9. The summed E-state index contributed by atoms with van der Waals surface area (Å²) in [5, 5.41) is 0. The molecular weight excluding hydrogens is 190 g/mol. The predicted molar refractivity (Wildman–Crippen MR) is 61.3 cm³/mol. The predicted octanol–water partition coefficient (Wildman–Crippen LogP) is 2.35. The normalized spacial score (nSPS) is 10.7. The molecule has 0 saturated carbocycles. The fourth-order valence-electron chi connectivity index (χ4n) is 1.28. The summed E-state index contributed by atoms with van der Waals surface area (Å²) in [5.74, 6) is -0.0382. The molecule has 3 nitrogen and oxygen atoms in total. The molecule has 0 atom stereocenters. The van der Waals surface area contributed by atoms with E-state index in [1.165, 1.54) is 0 Å². The third-order valence-electron chi connectivity index (χ3n) is 2.14. The third-order valence-corrected chi connectivity index (χ3v) is 2.14. The Bertz CT molecular complexity index is 222. The van der Waals surface area contributed by atoms with Gasteiger partial charge in [-0.3, -0.25) is 9.59 Å². The summed E-state index contributed by atoms with van der Waals surface area (Å²) < 4.78 is 0. The topological polar surface area (TPSA) is 60.2 Å². The van der Waals surface area contributed by atoms with Crippen LogP contribution >= 0.6 is 0 Å². The van der Waals surface area contributed by atoms with Crippen molar-refractivity contribution < 1.29 is 9.59 Å². The van der Waals surface area contributed by atoms with Gasteiger partial charge in [-0.05, 0) is 25.3 Å². The number of hydrogen-bond acceptors (Lipinski definition) is 2. The van der Waals surface area contributed by atoms with Crippen molar-refractivity contribution in [3.05, 3.63) is 12.2 Å². The Morgan fingerprint density at radius 2 is 1.67 bits per heavy atom. The smallest absolute Gasteiger partial charge is 0.217 e. The summed E-state index contributed by atoms with van der Waals surface area (Å²) in [7, 11) is 0. The highest BCUT2D eigenvalue weighted by molar-refractivity contribution is 5.89. The van der Waals surface area contributed by atoms with Gasteiger partial charge in [0, 0.05) is 12.8 Å². The number of primary amides is 1. The molecule has 0 rings (SSSR count). The maximum absolute atomic E-state index is 11.2. The summed E-state index contributed by atoms with van der Waals surface area (Å²) >= 11 is 0. The maximum atomic E-state index is 11.2. The lowest BCUT2D eigenvalue weighted by atomic mass is 10.1. The van der Waals surface area contributed by atoms with Crippen molar-refractivity contribution in [2.24, 2.45) is 5.73 Å². The lowest BCUT2D eigenvalue weighted by molar-refractivity contribution is -0.118. The van der Waals surface area contributed by atoms with Gasteiger partial charge in [-0.1, -0.05) is 25.8 Å². The number of amides is 1. The van der Waals surface area contributed by atoms with Crippen molar-refractivity contribution in [1.82, 2.24) is 0 Å². The molecule has 0 aromatic carbocycles. The average molecular weight is 211 g/mol. The third kappa shape index (κ3) is 10.8. The van der Waals surface area contributed by atoms with E-state index in [0.717, 1.165) is 32.1 Å². The van der Waals surface area contributed by atoms with Gasteiger partial charge in [-0.25, -0.2) is 0 Å². The minimum atomic E-state index is -0.239. The number of carbonyl (C=O) groups is 2. The molecule has 0 aliphatic heterocycles. The molecule has 0 saturated heterocycles. The van der Waals surface area contributed by atoms with Crippen LogP contribution in [0, 0.1) is 0 Å². The Labute approximate surface area is 91.7 Å². The van der Waals surface area contributed by atoms with Crippen LogP contribution in [0.15, 0.2) is 12.2 Å². The summed E-state index contributed by atoms with van der Waals surface area (Å²) in [6.07, 6.45) is 9.26. The molecule has 0 fully saturated rings. The summed E-state index contributed by atoms with van der Waals surface area (Å²) in [4.78, 5) is 21.6. The van der Waals surface area contributed by atoms with Gasteiger partial charge in [0.1, 0.15) is 0 Å². The van der Waals surface area contributed by atoms with Crippen molar-refractivity contribution in [2.45, 2.75) is 51.9 Å². The number of allylic oxidation sites excluding steroid dienone is 2. The van der Waals surface area contributed by atoms with Crippen molar-refractivity contribution in [1.29, 1.82) is 0 Å². The highest BCUT2D eigenvalue weighted by Crippen LogP contribution is 2.05. The molecule has 15 heavy (non-hydrogen) atoms. The van der Waals surface area contributed by atoms with Gasteiger partial charge < -0.3 is 5.73 Å². The second-order valence-electron chi connectivity index (χ2n) is 3.66. The molecule has 0 aromatic heterocycles. The van der Waals surface area contributed by atoms with E-state index in [4.69, 9.17) is 5.73 Å². The molecule has 0 bridgehead atoms. The summed E-state index contributed by atoms with van der Waals surface area (Å²) in [6, 6.07) is 0. The molecule has 86 valence electrons. The van der Waals surface area contributed by atoms with Crippen LogP contribution in [0.5, 0.6) is 0 Å². The Morgan fingerprint density at radius 1 is 1.07 bits per heavy atom.